The third-order valence-corrected chi connectivity index (χ3v) is 4.41. The molecule has 2 aliphatic rings. The predicted octanol–water partition coefficient (Wildman–Crippen LogP) is 2.26. The van der Waals surface area contributed by atoms with Crippen LogP contribution >= 0.6 is 0 Å². The van der Waals surface area contributed by atoms with E-state index in [1.807, 2.05) is 50.3 Å². The van der Waals surface area contributed by atoms with Crippen LogP contribution < -0.4 is 0 Å². The van der Waals surface area contributed by atoms with Crippen molar-refractivity contribution in [1.82, 2.24) is 4.90 Å². The number of nitrogens with zero attached hydrogens (tertiary/aromatic N) is 1. The van der Waals surface area contributed by atoms with E-state index >= 15 is 0 Å². The number of fused-ring (bicyclic) bond motifs is 1. The standard InChI is InChI=1S/C17H21NO3/c1-11(2)14(19)17-9-12(3)15(20)18(17)16(21-10-17)13-7-5-4-6-8-13/h4-9,11,14,16,19H,10H2,1-3H3/t14-,16+,17-/m0/s1. The second kappa shape index (κ2) is 4.97. The summed E-state index contributed by atoms with van der Waals surface area (Å²) in [6, 6.07) is 9.69. The topological polar surface area (TPSA) is 49.8 Å². The van der Waals surface area contributed by atoms with Crippen molar-refractivity contribution in [2.24, 2.45) is 5.92 Å². The number of hydrogen-bond donors (Lipinski definition) is 1. The molecule has 2 aliphatic heterocycles. The number of carbonyl (C=O) groups is 1. The van der Waals surface area contributed by atoms with Crippen LogP contribution in [0.15, 0.2) is 42.0 Å². The van der Waals surface area contributed by atoms with Gasteiger partial charge in [-0.3, -0.25) is 9.69 Å². The average Bonchev–Trinajstić information content (AvgIpc) is 2.97. The van der Waals surface area contributed by atoms with E-state index in [-0.39, 0.29) is 11.8 Å². The number of ether oxygens (including phenoxy) is 1. The summed E-state index contributed by atoms with van der Waals surface area (Å²) in [4.78, 5) is 14.3. The zero-order valence-electron chi connectivity index (χ0n) is 12.6. The van der Waals surface area contributed by atoms with E-state index in [2.05, 4.69) is 0 Å². The molecule has 4 heteroatoms. The van der Waals surface area contributed by atoms with Crippen molar-refractivity contribution in [2.75, 3.05) is 6.61 Å². The lowest BCUT2D eigenvalue weighted by molar-refractivity contribution is -0.137. The lowest BCUT2D eigenvalue weighted by atomic mass is 9.86. The zero-order valence-corrected chi connectivity index (χ0v) is 12.6. The molecule has 4 nitrogen and oxygen atoms in total. The van der Waals surface area contributed by atoms with Gasteiger partial charge in [-0.1, -0.05) is 44.2 Å². The van der Waals surface area contributed by atoms with Gasteiger partial charge >= 0.3 is 0 Å². The second-order valence-electron chi connectivity index (χ2n) is 6.26. The van der Waals surface area contributed by atoms with Crippen molar-refractivity contribution >= 4 is 5.91 Å². The van der Waals surface area contributed by atoms with Gasteiger partial charge in [-0.25, -0.2) is 0 Å². The first-order chi connectivity index (χ1) is 9.97. The van der Waals surface area contributed by atoms with Gasteiger partial charge in [-0.15, -0.1) is 0 Å². The minimum Gasteiger partial charge on any atom is -0.390 e. The molecule has 3 atom stereocenters. The molecule has 3 rings (SSSR count). The number of aliphatic hydroxyl groups is 1. The summed E-state index contributed by atoms with van der Waals surface area (Å²) in [6.45, 7) is 6.05. The van der Waals surface area contributed by atoms with Crippen LogP contribution in [0.3, 0.4) is 0 Å². The van der Waals surface area contributed by atoms with Gasteiger partial charge in [0.15, 0.2) is 6.23 Å². The van der Waals surface area contributed by atoms with Gasteiger partial charge in [0.2, 0.25) is 0 Å². The van der Waals surface area contributed by atoms with E-state index in [1.54, 1.807) is 11.8 Å². The zero-order chi connectivity index (χ0) is 15.2. The number of aliphatic hydroxyl groups excluding tert-OH is 1. The highest BCUT2D eigenvalue weighted by molar-refractivity contribution is 5.97. The Balaban J connectivity index is 2.03. The van der Waals surface area contributed by atoms with Gasteiger partial charge in [0, 0.05) is 11.1 Å². The molecule has 21 heavy (non-hydrogen) atoms. The lowest BCUT2D eigenvalue weighted by Crippen LogP contribution is -2.54. The molecule has 2 heterocycles. The predicted molar refractivity (Wildman–Crippen MR) is 79.3 cm³/mol. The first kappa shape index (κ1) is 14.3. The highest BCUT2D eigenvalue weighted by Gasteiger charge is 2.57. The molecule has 1 aromatic carbocycles. The Hall–Kier alpha value is -1.65. The molecule has 1 N–H and O–H groups in total. The molecular weight excluding hydrogens is 266 g/mol. The lowest BCUT2D eigenvalue weighted by Gasteiger charge is -2.37. The summed E-state index contributed by atoms with van der Waals surface area (Å²) in [5, 5.41) is 10.7. The molecule has 0 saturated carbocycles. The third kappa shape index (κ3) is 2.01. The van der Waals surface area contributed by atoms with Crippen molar-refractivity contribution in [3.8, 4) is 0 Å². The maximum absolute atomic E-state index is 12.6. The average molecular weight is 287 g/mol. The molecule has 1 saturated heterocycles. The van der Waals surface area contributed by atoms with E-state index in [0.29, 0.717) is 12.2 Å². The molecule has 0 unspecified atom stereocenters. The van der Waals surface area contributed by atoms with E-state index in [9.17, 15) is 9.90 Å². The van der Waals surface area contributed by atoms with Crippen LogP contribution in [-0.2, 0) is 9.53 Å². The maximum atomic E-state index is 12.6. The van der Waals surface area contributed by atoms with Gasteiger partial charge in [0.05, 0.1) is 12.7 Å². The minimum absolute atomic E-state index is 0.0422. The molecule has 0 spiro atoms. The van der Waals surface area contributed by atoms with Crippen molar-refractivity contribution in [3.05, 3.63) is 47.5 Å². The van der Waals surface area contributed by atoms with Crippen LogP contribution in [0.1, 0.15) is 32.6 Å². The van der Waals surface area contributed by atoms with Gasteiger partial charge in [0.1, 0.15) is 5.54 Å². The Labute approximate surface area is 125 Å². The number of hydrogen-bond acceptors (Lipinski definition) is 3. The van der Waals surface area contributed by atoms with Gasteiger partial charge in [-0.2, -0.15) is 0 Å². The van der Waals surface area contributed by atoms with Gasteiger partial charge in [-0.05, 0) is 18.9 Å². The Morgan fingerprint density at radius 1 is 1.33 bits per heavy atom. The van der Waals surface area contributed by atoms with Crippen LogP contribution in [0.2, 0.25) is 0 Å². The number of benzene rings is 1. The summed E-state index contributed by atoms with van der Waals surface area (Å²) in [5.41, 5.74) is 0.876. The first-order valence-electron chi connectivity index (χ1n) is 7.35. The second-order valence-corrected chi connectivity index (χ2v) is 6.26. The van der Waals surface area contributed by atoms with E-state index in [1.165, 1.54) is 0 Å². The SMILES string of the molecule is CC1=C[C@@]2([C@@H](O)C(C)C)CO[C@H](c3ccccc3)N2C1=O. The summed E-state index contributed by atoms with van der Waals surface area (Å²) < 4.78 is 5.90. The summed E-state index contributed by atoms with van der Waals surface area (Å²) >= 11 is 0. The van der Waals surface area contributed by atoms with Crippen molar-refractivity contribution in [3.63, 3.8) is 0 Å². The van der Waals surface area contributed by atoms with Crippen LogP contribution in [0.5, 0.6) is 0 Å². The fraction of sp³-hybridized carbons (Fsp3) is 0.471. The Kier molecular flexibility index (Phi) is 3.38. The first-order valence-corrected chi connectivity index (χ1v) is 7.35. The monoisotopic (exact) mass is 287 g/mol. The molecule has 112 valence electrons. The minimum atomic E-state index is -0.740. The Morgan fingerprint density at radius 2 is 2.00 bits per heavy atom. The summed E-state index contributed by atoms with van der Waals surface area (Å²) in [5.74, 6) is -0.0124. The van der Waals surface area contributed by atoms with E-state index in [0.717, 1.165) is 5.56 Å². The van der Waals surface area contributed by atoms with Crippen molar-refractivity contribution in [2.45, 2.75) is 38.6 Å². The van der Waals surface area contributed by atoms with Crippen LogP contribution in [0.25, 0.3) is 0 Å². The van der Waals surface area contributed by atoms with Crippen LogP contribution in [0.4, 0.5) is 0 Å². The van der Waals surface area contributed by atoms with Gasteiger partial charge in [0.25, 0.3) is 5.91 Å². The maximum Gasteiger partial charge on any atom is 0.252 e. The quantitative estimate of drug-likeness (QED) is 0.927. The number of rotatable bonds is 3. The smallest absolute Gasteiger partial charge is 0.252 e. The fourth-order valence-electron chi connectivity index (χ4n) is 3.36. The van der Waals surface area contributed by atoms with Crippen molar-refractivity contribution < 1.29 is 14.6 Å². The fourth-order valence-corrected chi connectivity index (χ4v) is 3.36. The highest BCUT2D eigenvalue weighted by Crippen LogP contribution is 2.46. The van der Waals surface area contributed by atoms with E-state index < -0.39 is 17.9 Å². The Bertz CT molecular complexity index is 581. The highest BCUT2D eigenvalue weighted by atomic mass is 16.5. The molecule has 0 aromatic heterocycles. The molecule has 1 aromatic rings. The molecule has 0 aliphatic carbocycles. The van der Waals surface area contributed by atoms with E-state index in [4.69, 9.17) is 4.74 Å². The molecular formula is C17H21NO3. The number of amides is 1. The molecule has 0 bridgehead atoms. The molecule has 1 fully saturated rings. The normalized spacial score (nSPS) is 29.8. The van der Waals surface area contributed by atoms with Crippen LogP contribution in [0, 0.1) is 5.92 Å². The molecule has 0 radical (unpaired) electrons. The number of carbonyl (C=O) groups excluding carboxylic acids is 1. The third-order valence-electron chi connectivity index (χ3n) is 4.41. The van der Waals surface area contributed by atoms with Crippen molar-refractivity contribution in [1.29, 1.82) is 0 Å². The molecule has 1 amide bonds. The largest absolute Gasteiger partial charge is 0.390 e. The van der Waals surface area contributed by atoms with Gasteiger partial charge < -0.3 is 9.84 Å². The summed E-state index contributed by atoms with van der Waals surface area (Å²) in [6.07, 6.45) is 0.802. The van der Waals surface area contributed by atoms with Crippen LogP contribution in [-0.4, -0.2) is 34.2 Å². The summed E-state index contributed by atoms with van der Waals surface area (Å²) in [7, 11) is 0. The Morgan fingerprint density at radius 3 is 2.62 bits per heavy atom.